The van der Waals surface area contributed by atoms with E-state index < -0.39 is 0 Å². The van der Waals surface area contributed by atoms with Gasteiger partial charge in [-0.25, -0.2) is 0 Å². The molecule has 0 fully saturated rings. The van der Waals surface area contributed by atoms with Gasteiger partial charge < -0.3 is 0 Å². The molecule has 0 heterocycles. The van der Waals surface area contributed by atoms with Crippen molar-refractivity contribution in [3.05, 3.63) is 0 Å². The highest BCUT2D eigenvalue weighted by molar-refractivity contribution is 7.23. The topological polar surface area (TPSA) is 0 Å². The Morgan fingerprint density at radius 1 is 0.733 bits per heavy atom. The summed E-state index contributed by atoms with van der Waals surface area (Å²) in [5.74, 6) is 2.99. The number of hydrogen-bond donors (Lipinski definition) is 0. The van der Waals surface area contributed by atoms with Crippen LogP contribution in [-0.2, 0) is 0 Å². The van der Waals surface area contributed by atoms with Crippen molar-refractivity contribution in [1.82, 2.24) is 0 Å². The summed E-state index contributed by atoms with van der Waals surface area (Å²) >= 11 is 0. The lowest BCUT2D eigenvalue weighted by Gasteiger charge is -2.00. The fourth-order valence-corrected chi connectivity index (χ4v) is 1.87. The van der Waals surface area contributed by atoms with E-state index in [1.54, 1.807) is 0 Å². The highest BCUT2D eigenvalue weighted by atomic mass is 31.0. The van der Waals surface area contributed by atoms with Gasteiger partial charge in [0.05, 0.1) is 9.24 Å². The van der Waals surface area contributed by atoms with Gasteiger partial charge in [0.2, 0.25) is 0 Å². The summed E-state index contributed by atoms with van der Waals surface area (Å²) in [7, 11) is 3.86. The second-order valence-corrected chi connectivity index (χ2v) is 4.44. The molecular weight excluding hydrogens is 199 g/mol. The van der Waals surface area contributed by atoms with E-state index in [2.05, 4.69) is 27.7 Å². The van der Waals surface area contributed by atoms with Crippen LogP contribution < -0.4 is 0 Å². The maximum absolute atomic E-state index is 3.86. The van der Waals surface area contributed by atoms with Crippen molar-refractivity contribution >= 4 is 9.24 Å². The number of rotatable bonds is 10. The third kappa shape index (κ3) is 14.0. The second kappa shape index (κ2) is 14.0. The Bertz CT molecular complexity index is 164. The molecular formula is C14H25P. The predicted octanol–water partition coefficient (Wildman–Crippen LogP) is 5.67. The van der Waals surface area contributed by atoms with Crippen molar-refractivity contribution in [3.63, 3.8) is 0 Å². The standard InChI is InChI=1S/C14H25P/c1-2-3-4-5-6-7-8-9-10-11-12-13-14-15/h2-12H2,1H3. The summed E-state index contributed by atoms with van der Waals surface area (Å²) in [6.07, 6.45) is 15.0. The smallest absolute Gasteiger partial charge is 0.0586 e. The Kier molecular flexibility index (Phi) is 14.0. The Hall–Kier alpha value is -0.0100. The van der Waals surface area contributed by atoms with E-state index in [1.807, 2.05) is 0 Å². The van der Waals surface area contributed by atoms with Crippen LogP contribution in [0.3, 0.4) is 0 Å². The van der Waals surface area contributed by atoms with Crippen LogP contribution in [0, 0.1) is 11.6 Å². The van der Waals surface area contributed by atoms with Gasteiger partial charge in [0.25, 0.3) is 0 Å². The molecule has 0 N–H and O–H groups in total. The van der Waals surface area contributed by atoms with E-state index >= 15 is 0 Å². The molecule has 0 aliphatic carbocycles. The molecule has 0 saturated carbocycles. The van der Waals surface area contributed by atoms with Crippen LogP contribution >= 0.6 is 9.24 Å². The first-order valence-electron chi connectivity index (χ1n) is 6.53. The van der Waals surface area contributed by atoms with E-state index in [-0.39, 0.29) is 0 Å². The Morgan fingerprint density at radius 3 is 1.67 bits per heavy atom. The predicted molar refractivity (Wildman–Crippen MR) is 71.2 cm³/mol. The van der Waals surface area contributed by atoms with E-state index in [4.69, 9.17) is 0 Å². The second-order valence-electron chi connectivity index (χ2n) is 4.22. The lowest BCUT2D eigenvalue weighted by atomic mass is 10.1. The summed E-state index contributed by atoms with van der Waals surface area (Å²) in [5.41, 5.74) is 2.64. The fraction of sp³-hybridized carbons (Fsp3) is 0.857. The van der Waals surface area contributed by atoms with Gasteiger partial charge in [-0.15, -0.1) is 0 Å². The van der Waals surface area contributed by atoms with Crippen LogP contribution in [0.4, 0.5) is 0 Å². The average Bonchev–Trinajstić information content (AvgIpc) is 2.26. The van der Waals surface area contributed by atoms with Crippen LogP contribution in [0.1, 0.15) is 77.6 Å². The maximum Gasteiger partial charge on any atom is 0.0586 e. The highest BCUT2D eigenvalue weighted by Crippen LogP contribution is 2.10. The average molecular weight is 224 g/mol. The molecule has 2 radical (unpaired) electrons. The van der Waals surface area contributed by atoms with E-state index in [9.17, 15) is 0 Å². The number of hydrogen-bond acceptors (Lipinski definition) is 0. The molecule has 0 bridgehead atoms. The highest BCUT2D eigenvalue weighted by Gasteiger charge is 1.91. The van der Waals surface area contributed by atoms with Gasteiger partial charge in [-0.1, -0.05) is 76.3 Å². The normalized spacial score (nSPS) is 9.73. The SMILES string of the molecule is CCCCCCCCCCCCC#C[P]. The molecule has 0 aromatic heterocycles. The maximum atomic E-state index is 3.86. The molecule has 86 valence electrons. The van der Waals surface area contributed by atoms with Crippen molar-refractivity contribution in [2.45, 2.75) is 77.6 Å². The van der Waals surface area contributed by atoms with Crippen LogP contribution in [0.2, 0.25) is 0 Å². The first-order valence-corrected chi connectivity index (χ1v) is 6.98. The minimum Gasteiger partial charge on any atom is -0.0979 e. The lowest BCUT2D eigenvalue weighted by Crippen LogP contribution is -1.81. The van der Waals surface area contributed by atoms with E-state index in [1.165, 1.54) is 64.2 Å². The molecule has 0 rings (SSSR count). The molecule has 0 aromatic carbocycles. The molecule has 0 spiro atoms. The van der Waals surface area contributed by atoms with Gasteiger partial charge in [-0.05, 0) is 6.42 Å². The van der Waals surface area contributed by atoms with Crippen LogP contribution in [0.25, 0.3) is 0 Å². The van der Waals surface area contributed by atoms with Gasteiger partial charge in [0.15, 0.2) is 0 Å². The van der Waals surface area contributed by atoms with Crippen molar-refractivity contribution in [2.24, 2.45) is 0 Å². The monoisotopic (exact) mass is 224 g/mol. The van der Waals surface area contributed by atoms with Crippen molar-refractivity contribution in [1.29, 1.82) is 0 Å². The van der Waals surface area contributed by atoms with Crippen LogP contribution in [-0.4, -0.2) is 0 Å². The first kappa shape index (κ1) is 15.0. The Balaban J connectivity index is 2.88. The molecule has 0 aliphatic heterocycles. The van der Waals surface area contributed by atoms with Crippen molar-refractivity contribution in [2.75, 3.05) is 0 Å². The zero-order valence-electron chi connectivity index (χ0n) is 10.2. The molecule has 15 heavy (non-hydrogen) atoms. The zero-order valence-corrected chi connectivity index (χ0v) is 11.1. The third-order valence-electron chi connectivity index (χ3n) is 2.73. The lowest BCUT2D eigenvalue weighted by molar-refractivity contribution is 0.558. The summed E-state index contributed by atoms with van der Waals surface area (Å²) in [6, 6.07) is 0. The molecule has 0 aromatic rings. The Morgan fingerprint density at radius 2 is 1.20 bits per heavy atom. The van der Waals surface area contributed by atoms with Crippen LogP contribution in [0.5, 0.6) is 0 Å². The quantitative estimate of drug-likeness (QED) is 0.255. The summed E-state index contributed by atoms with van der Waals surface area (Å²) in [4.78, 5) is 0. The molecule has 0 nitrogen and oxygen atoms in total. The summed E-state index contributed by atoms with van der Waals surface area (Å²) in [5, 5.41) is 0. The van der Waals surface area contributed by atoms with Gasteiger partial charge in [-0.2, -0.15) is 0 Å². The number of unbranched alkanes of at least 4 members (excludes halogenated alkanes) is 10. The fourth-order valence-electron chi connectivity index (χ4n) is 1.76. The van der Waals surface area contributed by atoms with E-state index in [0.29, 0.717) is 0 Å². The minimum absolute atomic E-state index is 1.03. The molecule has 0 atom stereocenters. The van der Waals surface area contributed by atoms with Crippen molar-refractivity contribution < 1.29 is 0 Å². The van der Waals surface area contributed by atoms with Gasteiger partial charge in [-0.3, -0.25) is 0 Å². The molecule has 0 unspecified atom stereocenters. The third-order valence-corrected chi connectivity index (χ3v) is 2.89. The van der Waals surface area contributed by atoms with E-state index in [0.717, 1.165) is 6.42 Å². The van der Waals surface area contributed by atoms with Crippen molar-refractivity contribution in [3.8, 4) is 11.6 Å². The Labute approximate surface area is 98.8 Å². The minimum atomic E-state index is 1.03. The summed E-state index contributed by atoms with van der Waals surface area (Å²) in [6.45, 7) is 2.27. The molecule has 0 aliphatic rings. The first-order chi connectivity index (χ1) is 7.41. The zero-order chi connectivity index (χ0) is 11.2. The molecule has 1 heteroatoms. The molecule has 0 amide bonds. The summed E-state index contributed by atoms with van der Waals surface area (Å²) < 4.78 is 0. The molecule has 0 saturated heterocycles. The van der Waals surface area contributed by atoms with Crippen LogP contribution in [0.15, 0.2) is 0 Å². The van der Waals surface area contributed by atoms with Gasteiger partial charge in [0, 0.05) is 6.42 Å². The van der Waals surface area contributed by atoms with Gasteiger partial charge in [0.1, 0.15) is 0 Å². The largest absolute Gasteiger partial charge is 0.0979 e. The van der Waals surface area contributed by atoms with Gasteiger partial charge >= 0.3 is 0 Å².